The molecule has 0 heterocycles. The Morgan fingerprint density at radius 1 is 1.00 bits per heavy atom. The maximum atomic E-state index is 12.7. The van der Waals surface area contributed by atoms with Gasteiger partial charge in [0.1, 0.15) is 0 Å². The highest BCUT2D eigenvalue weighted by Gasteiger charge is 2.30. The van der Waals surface area contributed by atoms with Crippen LogP contribution >= 0.6 is 23.4 Å². The van der Waals surface area contributed by atoms with Crippen LogP contribution in [0.3, 0.4) is 0 Å². The first-order valence-electron chi connectivity index (χ1n) is 8.81. The largest absolute Gasteiger partial charge is 0.416 e. The van der Waals surface area contributed by atoms with E-state index in [4.69, 9.17) is 11.6 Å². The number of hydrogen-bond donors (Lipinski definition) is 1. The molecule has 154 valence electrons. The molecule has 3 rings (SSSR count). The maximum absolute atomic E-state index is 12.7. The molecule has 0 aliphatic rings. The van der Waals surface area contributed by atoms with Crippen molar-refractivity contribution in [3.8, 4) is 0 Å². The van der Waals surface area contributed by atoms with Crippen LogP contribution in [0, 0.1) is 0 Å². The molecular formula is C22H16ClF3N2OS. The molecule has 1 N–H and O–H groups in total. The van der Waals surface area contributed by atoms with Gasteiger partial charge in [0.15, 0.2) is 0 Å². The summed E-state index contributed by atoms with van der Waals surface area (Å²) in [5, 5.41) is 4.55. The Hall–Kier alpha value is -2.77. The number of carbonyl (C=O) groups is 1. The molecule has 0 aromatic heterocycles. The van der Waals surface area contributed by atoms with E-state index < -0.39 is 17.6 Å². The first kappa shape index (κ1) is 21.9. The number of hydrazone groups is 1. The Bertz CT molecular complexity index is 1040. The van der Waals surface area contributed by atoms with Gasteiger partial charge in [-0.1, -0.05) is 53.7 Å². The number of amides is 1. The summed E-state index contributed by atoms with van der Waals surface area (Å²) in [5.74, 6) is -0.500. The van der Waals surface area contributed by atoms with E-state index in [1.165, 1.54) is 18.3 Å². The Morgan fingerprint density at radius 3 is 2.27 bits per heavy atom. The van der Waals surface area contributed by atoms with Gasteiger partial charge in [-0.3, -0.25) is 4.79 Å². The number of hydrogen-bond acceptors (Lipinski definition) is 3. The zero-order valence-corrected chi connectivity index (χ0v) is 17.1. The second kappa shape index (κ2) is 9.82. The molecule has 0 atom stereocenters. The summed E-state index contributed by atoms with van der Waals surface area (Å²) >= 11 is 7.46. The van der Waals surface area contributed by atoms with Gasteiger partial charge in [0.2, 0.25) is 5.91 Å². The fraction of sp³-hybridized carbons (Fsp3) is 0.0909. The van der Waals surface area contributed by atoms with Crippen LogP contribution in [-0.2, 0) is 17.4 Å². The topological polar surface area (TPSA) is 41.5 Å². The Balaban J connectivity index is 1.52. The van der Waals surface area contributed by atoms with Crippen LogP contribution in [0.5, 0.6) is 0 Å². The quantitative estimate of drug-likeness (QED) is 0.360. The molecule has 0 saturated heterocycles. The summed E-state index contributed by atoms with van der Waals surface area (Å²) in [6.45, 7) is 0. The van der Waals surface area contributed by atoms with Crippen LogP contribution < -0.4 is 5.43 Å². The second-order valence-electron chi connectivity index (χ2n) is 6.29. The summed E-state index contributed by atoms with van der Waals surface area (Å²) in [6.07, 6.45) is -3.17. The molecule has 3 aromatic carbocycles. The number of benzene rings is 3. The first-order chi connectivity index (χ1) is 14.3. The van der Waals surface area contributed by atoms with Crippen LogP contribution in [0.1, 0.15) is 16.7 Å². The zero-order chi connectivity index (χ0) is 21.6. The van der Waals surface area contributed by atoms with Crippen molar-refractivity contribution in [2.24, 2.45) is 5.10 Å². The van der Waals surface area contributed by atoms with Crippen LogP contribution in [0.15, 0.2) is 87.7 Å². The molecule has 0 aliphatic heterocycles. The predicted octanol–water partition coefficient (Wildman–Crippen LogP) is 6.20. The highest BCUT2D eigenvalue weighted by atomic mass is 35.5. The van der Waals surface area contributed by atoms with Gasteiger partial charge in [-0.2, -0.15) is 18.3 Å². The van der Waals surface area contributed by atoms with Crippen molar-refractivity contribution in [1.29, 1.82) is 0 Å². The summed E-state index contributed by atoms with van der Waals surface area (Å²) in [4.78, 5) is 14.0. The zero-order valence-electron chi connectivity index (χ0n) is 15.5. The lowest BCUT2D eigenvalue weighted by atomic mass is 10.1. The molecule has 0 bridgehead atoms. The molecule has 0 fully saturated rings. The van der Waals surface area contributed by atoms with E-state index in [9.17, 15) is 18.0 Å². The minimum absolute atomic E-state index is 0.196. The van der Waals surface area contributed by atoms with E-state index in [1.54, 1.807) is 11.8 Å². The van der Waals surface area contributed by atoms with Gasteiger partial charge < -0.3 is 0 Å². The summed E-state index contributed by atoms with van der Waals surface area (Å²) in [5.41, 5.74) is 2.58. The van der Waals surface area contributed by atoms with Crippen molar-refractivity contribution in [1.82, 2.24) is 5.43 Å². The second-order valence-corrected chi connectivity index (χ2v) is 7.88. The molecule has 1 amide bonds. The lowest BCUT2D eigenvalue weighted by molar-refractivity contribution is -0.137. The molecule has 3 nitrogen and oxygen atoms in total. The predicted molar refractivity (Wildman–Crippen MR) is 113 cm³/mol. The fourth-order valence-electron chi connectivity index (χ4n) is 2.52. The van der Waals surface area contributed by atoms with E-state index in [0.717, 1.165) is 27.5 Å². The third-order valence-corrected chi connectivity index (χ3v) is 5.22. The molecule has 30 heavy (non-hydrogen) atoms. The van der Waals surface area contributed by atoms with Crippen LogP contribution in [0.2, 0.25) is 5.02 Å². The lowest BCUT2D eigenvalue weighted by Gasteiger charge is -2.08. The summed E-state index contributed by atoms with van der Waals surface area (Å²) in [7, 11) is 0. The fourth-order valence-corrected chi connectivity index (χ4v) is 3.46. The Kier molecular flexibility index (Phi) is 7.18. The van der Waals surface area contributed by atoms with Gasteiger partial charge in [-0.15, -0.1) is 0 Å². The van der Waals surface area contributed by atoms with Crippen molar-refractivity contribution in [3.05, 3.63) is 94.5 Å². The van der Waals surface area contributed by atoms with Gasteiger partial charge >= 0.3 is 6.18 Å². The van der Waals surface area contributed by atoms with Gasteiger partial charge in [-0.25, -0.2) is 5.43 Å². The van der Waals surface area contributed by atoms with Crippen LogP contribution in [0.4, 0.5) is 13.2 Å². The smallest absolute Gasteiger partial charge is 0.273 e. The maximum Gasteiger partial charge on any atom is 0.416 e. The van der Waals surface area contributed by atoms with Crippen molar-refractivity contribution < 1.29 is 18.0 Å². The van der Waals surface area contributed by atoms with E-state index in [0.29, 0.717) is 5.02 Å². The van der Waals surface area contributed by atoms with Gasteiger partial charge in [-0.05, 0) is 53.6 Å². The number of rotatable bonds is 6. The SMILES string of the molecule is O=C(Cc1cccc(C(F)(F)F)c1)N/N=C/c1ccc(Sc2ccc(Cl)cc2)cc1. The number of halogens is 4. The molecule has 8 heteroatoms. The van der Waals surface area contributed by atoms with Crippen LogP contribution in [-0.4, -0.2) is 12.1 Å². The number of carbonyl (C=O) groups excluding carboxylic acids is 1. The average Bonchev–Trinajstić information content (AvgIpc) is 2.70. The van der Waals surface area contributed by atoms with E-state index in [2.05, 4.69) is 10.5 Å². The minimum atomic E-state index is -4.44. The van der Waals surface area contributed by atoms with Gasteiger partial charge in [0.05, 0.1) is 18.2 Å². The standard InChI is InChI=1S/C22H16ClF3N2OS/c23-18-6-10-20(11-7-18)30-19-8-4-15(5-9-19)14-27-28-21(29)13-16-2-1-3-17(12-16)22(24,25)26/h1-12,14H,13H2,(H,28,29)/b27-14+. The highest BCUT2D eigenvalue weighted by molar-refractivity contribution is 7.99. The van der Waals surface area contributed by atoms with Gasteiger partial charge in [0.25, 0.3) is 0 Å². The van der Waals surface area contributed by atoms with Crippen molar-refractivity contribution >= 4 is 35.5 Å². The van der Waals surface area contributed by atoms with E-state index in [-0.39, 0.29) is 12.0 Å². The monoisotopic (exact) mass is 448 g/mol. The average molecular weight is 449 g/mol. The number of nitrogens with one attached hydrogen (secondary N) is 1. The molecule has 0 radical (unpaired) electrons. The summed E-state index contributed by atoms with van der Waals surface area (Å²) < 4.78 is 38.2. The van der Waals surface area contributed by atoms with Crippen LogP contribution in [0.25, 0.3) is 0 Å². The lowest BCUT2D eigenvalue weighted by Crippen LogP contribution is -2.20. The molecule has 0 unspecified atom stereocenters. The third-order valence-electron chi connectivity index (χ3n) is 3.95. The Morgan fingerprint density at radius 2 is 1.63 bits per heavy atom. The molecule has 3 aromatic rings. The Labute approximate surface area is 181 Å². The van der Waals surface area contributed by atoms with Crippen molar-refractivity contribution in [2.75, 3.05) is 0 Å². The van der Waals surface area contributed by atoms with E-state index >= 15 is 0 Å². The van der Waals surface area contributed by atoms with E-state index in [1.807, 2.05) is 48.5 Å². The first-order valence-corrected chi connectivity index (χ1v) is 10.0. The molecule has 0 aliphatic carbocycles. The van der Waals surface area contributed by atoms with Gasteiger partial charge in [0, 0.05) is 14.8 Å². The summed E-state index contributed by atoms with van der Waals surface area (Å²) in [6, 6.07) is 19.7. The highest BCUT2D eigenvalue weighted by Crippen LogP contribution is 2.30. The normalized spacial score (nSPS) is 11.6. The molecule has 0 spiro atoms. The third kappa shape index (κ3) is 6.64. The van der Waals surface area contributed by atoms with Crippen molar-refractivity contribution in [2.45, 2.75) is 22.4 Å². The minimum Gasteiger partial charge on any atom is -0.273 e. The molecule has 0 saturated carbocycles. The molecular weight excluding hydrogens is 433 g/mol. The number of nitrogens with zero attached hydrogens (tertiary/aromatic N) is 1. The number of alkyl halides is 3. The van der Waals surface area contributed by atoms with Crippen molar-refractivity contribution in [3.63, 3.8) is 0 Å².